The molecule has 0 bridgehead atoms. The quantitative estimate of drug-likeness (QED) is 0.222. The van der Waals surface area contributed by atoms with Crippen LogP contribution in [0.3, 0.4) is 0 Å². The van der Waals surface area contributed by atoms with Crippen LogP contribution >= 0.6 is 11.3 Å². The summed E-state index contributed by atoms with van der Waals surface area (Å²) in [5, 5.41) is 13.1. The van der Waals surface area contributed by atoms with Gasteiger partial charge in [-0.15, -0.1) is 11.3 Å². The molecule has 0 atom stereocenters. The molecule has 0 aliphatic rings. The van der Waals surface area contributed by atoms with Gasteiger partial charge in [-0.25, -0.2) is 36.5 Å². The maximum absolute atomic E-state index is 15.9. The number of aromatic nitrogens is 3. The lowest BCUT2D eigenvalue weighted by molar-refractivity contribution is 0.299. The number of halogens is 3. The maximum Gasteiger partial charge on any atom is 0.227 e. The fraction of sp³-hybridized carbons (Fsp3) is 0.107. The standard InChI is InChI=1S/C28H21F3N4O3S2/c29-20-10-5-11-21(30)27(20)40(37,38)16-17-6-4-9-19(24(17)31)25-26(39-23(35-25)13-15-36)22-12-14-32-28(34-22)33-18-7-2-1-3-8-18/h1-12,14,36H,13,15-16H2,(H,32,33,34). The van der Waals surface area contributed by atoms with Crippen LogP contribution in [0.25, 0.3) is 21.8 Å². The molecule has 204 valence electrons. The van der Waals surface area contributed by atoms with Crippen LogP contribution in [0.15, 0.2) is 83.9 Å². The van der Waals surface area contributed by atoms with E-state index in [0.717, 1.165) is 23.9 Å². The first-order chi connectivity index (χ1) is 19.3. The Hall–Kier alpha value is -4.13. The average Bonchev–Trinajstić information content (AvgIpc) is 3.34. The molecule has 0 radical (unpaired) electrons. The highest BCUT2D eigenvalue weighted by molar-refractivity contribution is 7.90. The van der Waals surface area contributed by atoms with Gasteiger partial charge in [0.25, 0.3) is 0 Å². The van der Waals surface area contributed by atoms with Crippen molar-refractivity contribution in [2.45, 2.75) is 17.1 Å². The molecule has 0 aliphatic carbocycles. The number of benzene rings is 3. The minimum atomic E-state index is -4.57. The van der Waals surface area contributed by atoms with Gasteiger partial charge >= 0.3 is 0 Å². The summed E-state index contributed by atoms with van der Waals surface area (Å²) >= 11 is 1.20. The van der Waals surface area contributed by atoms with E-state index in [0.29, 0.717) is 21.5 Å². The van der Waals surface area contributed by atoms with Crippen molar-refractivity contribution in [3.63, 3.8) is 0 Å². The summed E-state index contributed by atoms with van der Waals surface area (Å²) in [7, 11) is -4.57. The number of rotatable bonds is 9. The summed E-state index contributed by atoms with van der Waals surface area (Å²) < 4.78 is 70.1. The summed E-state index contributed by atoms with van der Waals surface area (Å²) in [6, 6.07) is 17.7. The van der Waals surface area contributed by atoms with Gasteiger partial charge in [-0.1, -0.05) is 36.4 Å². The average molecular weight is 583 g/mol. The molecule has 0 saturated heterocycles. The molecule has 2 heterocycles. The predicted molar refractivity (Wildman–Crippen MR) is 146 cm³/mol. The van der Waals surface area contributed by atoms with Gasteiger partial charge in [0.05, 0.1) is 27.0 Å². The zero-order valence-corrected chi connectivity index (χ0v) is 22.3. The first-order valence-electron chi connectivity index (χ1n) is 12.0. The third-order valence-electron chi connectivity index (χ3n) is 5.82. The zero-order valence-electron chi connectivity index (χ0n) is 20.7. The Morgan fingerprint density at radius 2 is 1.60 bits per heavy atom. The Morgan fingerprint density at radius 3 is 2.33 bits per heavy atom. The van der Waals surface area contributed by atoms with Gasteiger partial charge in [-0.2, -0.15) is 0 Å². The van der Waals surface area contributed by atoms with Crippen molar-refractivity contribution in [3.05, 3.63) is 107 Å². The molecule has 5 rings (SSSR count). The molecular weight excluding hydrogens is 561 g/mol. The summed E-state index contributed by atoms with van der Waals surface area (Å²) in [4.78, 5) is 12.7. The number of para-hydroxylation sites is 1. The van der Waals surface area contributed by atoms with Crippen LogP contribution in [0.5, 0.6) is 0 Å². The minimum absolute atomic E-state index is 0.0201. The zero-order chi connectivity index (χ0) is 28.3. The number of nitrogens with one attached hydrogen (secondary N) is 1. The van der Waals surface area contributed by atoms with Gasteiger partial charge in [-0.3, -0.25) is 0 Å². The number of hydrogen-bond donors (Lipinski definition) is 2. The molecule has 12 heteroatoms. The van der Waals surface area contributed by atoms with E-state index < -0.39 is 37.9 Å². The Labute approximate surface area is 232 Å². The maximum atomic E-state index is 15.9. The highest BCUT2D eigenvalue weighted by Crippen LogP contribution is 2.38. The number of aliphatic hydroxyl groups excluding tert-OH is 1. The molecule has 0 unspecified atom stereocenters. The van der Waals surface area contributed by atoms with E-state index in [2.05, 4.69) is 20.3 Å². The van der Waals surface area contributed by atoms with Gasteiger partial charge in [0, 0.05) is 36.0 Å². The van der Waals surface area contributed by atoms with Crippen LogP contribution in [0.4, 0.5) is 24.8 Å². The summed E-state index contributed by atoms with van der Waals surface area (Å²) in [6.45, 7) is -0.189. The van der Waals surface area contributed by atoms with Crippen LogP contribution in [-0.4, -0.2) is 35.1 Å². The predicted octanol–water partition coefficient (Wildman–Crippen LogP) is 5.94. The highest BCUT2D eigenvalue weighted by atomic mass is 32.2. The fourth-order valence-electron chi connectivity index (χ4n) is 4.05. The van der Waals surface area contributed by atoms with Gasteiger partial charge < -0.3 is 10.4 Å². The number of nitrogens with zero attached hydrogens (tertiary/aromatic N) is 3. The number of anilines is 2. The van der Waals surface area contributed by atoms with E-state index >= 15 is 4.39 Å². The van der Waals surface area contributed by atoms with E-state index in [1.807, 2.05) is 30.3 Å². The molecule has 0 amide bonds. The van der Waals surface area contributed by atoms with Gasteiger partial charge in [0.15, 0.2) is 9.84 Å². The van der Waals surface area contributed by atoms with Gasteiger partial charge in [-0.05, 0) is 36.4 Å². The van der Waals surface area contributed by atoms with Gasteiger partial charge in [0.2, 0.25) is 5.95 Å². The molecule has 7 nitrogen and oxygen atoms in total. The summed E-state index contributed by atoms with van der Waals surface area (Å²) in [6.07, 6.45) is 1.74. The van der Waals surface area contributed by atoms with Crippen LogP contribution in [0, 0.1) is 17.5 Å². The Kier molecular flexibility index (Phi) is 7.92. The van der Waals surface area contributed by atoms with Crippen LogP contribution < -0.4 is 5.32 Å². The fourth-order valence-corrected chi connectivity index (χ4v) is 6.59. The molecule has 3 aromatic carbocycles. The van der Waals surface area contributed by atoms with Crippen LogP contribution in [-0.2, 0) is 22.0 Å². The Bertz CT molecular complexity index is 1760. The lowest BCUT2D eigenvalue weighted by Crippen LogP contribution is -2.11. The smallest absolute Gasteiger partial charge is 0.227 e. The minimum Gasteiger partial charge on any atom is -0.396 e. The Balaban J connectivity index is 1.55. The molecular formula is C28H21F3N4O3S2. The van der Waals surface area contributed by atoms with Crippen molar-refractivity contribution >= 4 is 32.8 Å². The van der Waals surface area contributed by atoms with Crippen molar-refractivity contribution in [1.82, 2.24) is 15.0 Å². The topological polar surface area (TPSA) is 105 Å². The number of thiazole rings is 1. The second-order valence-corrected chi connectivity index (χ2v) is 11.6. The van der Waals surface area contributed by atoms with Crippen molar-refractivity contribution in [3.8, 4) is 21.8 Å². The number of hydrogen-bond acceptors (Lipinski definition) is 8. The molecule has 0 spiro atoms. The molecule has 5 aromatic rings. The molecule has 2 aromatic heterocycles. The van der Waals surface area contributed by atoms with Crippen LogP contribution in [0.2, 0.25) is 0 Å². The second kappa shape index (κ2) is 11.5. The second-order valence-electron chi connectivity index (χ2n) is 8.60. The SMILES string of the molecule is O=S(=O)(Cc1cccc(-c2nc(CCO)sc2-c2ccnc(Nc3ccccc3)n2)c1F)c1c(F)cccc1F. The van der Waals surface area contributed by atoms with Crippen molar-refractivity contribution < 1.29 is 26.7 Å². The third-order valence-corrected chi connectivity index (χ3v) is 8.67. The molecule has 0 aliphatic heterocycles. The van der Waals surface area contributed by atoms with E-state index in [4.69, 9.17) is 0 Å². The Morgan fingerprint density at radius 1 is 0.875 bits per heavy atom. The number of aliphatic hydroxyl groups is 1. The third kappa shape index (κ3) is 5.74. The van der Waals surface area contributed by atoms with Crippen molar-refractivity contribution in [1.29, 1.82) is 0 Å². The molecule has 40 heavy (non-hydrogen) atoms. The van der Waals surface area contributed by atoms with Crippen molar-refractivity contribution in [2.75, 3.05) is 11.9 Å². The van der Waals surface area contributed by atoms with E-state index in [1.165, 1.54) is 35.7 Å². The lowest BCUT2D eigenvalue weighted by Gasteiger charge is -2.11. The van der Waals surface area contributed by atoms with Gasteiger partial charge in [0.1, 0.15) is 22.3 Å². The normalized spacial score (nSPS) is 11.5. The summed E-state index contributed by atoms with van der Waals surface area (Å²) in [5.74, 6) is -4.08. The van der Waals surface area contributed by atoms with Crippen molar-refractivity contribution in [2.24, 2.45) is 0 Å². The first kappa shape index (κ1) is 27.4. The number of sulfone groups is 1. The molecule has 0 fully saturated rings. The first-order valence-corrected chi connectivity index (χ1v) is 14.4. The van der Waals surface area contributed by atoms with E-state index in [1.54, 1.807) is 6.07 Å². The summed E-state index contributed by atoms with van der Waals surface area (Å²) in [5.41, 5.74) is 1.07. The largest absolute Gasteiger partial charge is 0.396 e. The monoisotopic (exact) mass is 582 g/mol. The molecule has 2 N–H and O–H groups in total. The van der Waals surface area contributed by atoms with E-state index in [9.17, 15) is 22.3 Å². The van der Waals surface area contributed by atoms with Crippen LogP contribution in [0.1, 0.15) is 10.6 Å². The lowest BCUT2D eigenvalue weighted by atomic mass is 10.1. The van der Waals surface area contributed by atoms with E-state index in [-0.39, 0.29) is 29.8 Å². The highest BCUT2D eigenvalue weighted by Gasteiger charge is 2.27. The molecule has 0 saturated carbocycles.